The van der Waals surface area contributed by atoms with Crippen LogP contribution in [0.1, 0.15) is 15.9 Å². The molecule has 0 radical (unpaired) electrons. The minimum absolute atomic E-state index is 0.000827. The van der Waals surface area contributed by atoms with E-state index in [4.69, 9.17) is 10.5 Å². The number of non-ortho nitro benzene ring substituents is 1. The number of hydrogen-bond donors (Lipinski definition) is 1. The van der Waals surface area contributed by atoms with Crippen LogP contribution < -0.4 is 11.3 Å². The zero-order valence-electron chi connectivity index (χ0n) is 15.6. The summed E-state index contributed by atoms with van der Waals surface area (Å²) in [5.41, 5.74) is 5.39. The highest BCUT2D eigenvalue weighted by molar-refractivity contribution is 5.94. The third kappa shape index (κ3) is 4.22. The summed E-state index contributed by atoms with van der Waals surface area (Å²) < 4.78 is 6.12. The molecule has 1 aromatic heterocycles. The molecule has 10 heteroatoms. The number of ether oxygens (including phenoxy) is 1. The molecule has 0 saturated heterocycles. The first-order valence-electron chi connectivity index (χ1n) is 8.72. The van der Waals surface area contributed by atoms with Crippen molar-refractivity contribution in [2.45, 2.75) is 13.2 Å². The van der Waals surface area contributed by atoms with Crippen LogP contribution in [0.15, 0.2) is 59.4 Å². The number of benzene rings is 2. The van der Waals surface area contributed by atoms with Gasteiger partial charge >= 0.3 is 5.97 Å². The first kappa shape index (κ1) is 20.4. The number of nitro benzene ring substituents is 1. The third-order valence-electron chi connectivity index (χ3n) is 4.21. The maximum absolute atomic E-state index is 12.9. The van der Waals surface area contributed by atoms with Crippen LogP contribution in [0.4, 0.5) is 11.5 Å². The van der Waals surface area contributed by atoms with Gasteiger partial charge in [-0.05, 0) is 17.7 Å². The molecule has 2 N–H and O–H groups in total. The molecule has 2 aromatic carbocycles. The van der Waals surface area contributed by atoms with Crippen LogP contribution in [0.2, 0.25) is 0 Å². The second-order valence-corrected chi connectivity index (χ2v) is 6.14. The van der Waals surface area contributed by atoms with Crippen molar-refractivity contribution >= 4 is 23.8 Å². The Kier molecular flexibility index (Phi) is 5.97. The van der Waals surface area contributed by atoms with Crippen LogP contribution in [-0.2, 0) is 22.7 Å². The van der Waals surface area contributed by atoms with E-state index in [1.54, 1.807) is 24.3 Å². The molecule has 30 heavy (non-hydrogen) atoms. The van der Waals surface area contributed by atoms with Crippen LogP contribution in [0.25, 0.3) is 11.4 Å². The number of anilines is 1. The van der Waals surface area contributed by atoms with E-state index in [9.17, 15) is 24.5 Å². The van der Waals surface area contributed by atoms with Crippen molar-refractivity contribution in [2.75, 3.05) is 5.73 Å². The molecule has 3 rings (SSSR count). The van der Waals surface area contributed by atoms with Crippen LogP contribution in [0.3, 0.4) is 0 Å². The summed E-state index contributed by atoms with van der Waals surface area (Å²) >= 11 is 0. The lowest BCUT2D eigenvalue weighted by atomic mass is 10.1. The van der Waals surface area contributed by atoms with Gasteiger partial charge in [0, 0.05) is 17.7 Å². The number of esters is 1. The molecule has 0 aliphatic rings. The Morgan fingerprint density at radius 2 is 1.83 bits per heavy atom. The van der Waals surface area contributed by atoms with Gasteiger partial charge < -0.3 is 15.3 Å². The van der Waals surface area contributed by atoms with Gasteiger partial charge in [-0.25, -0.2) is 9.78 Å². The average Bonchev–Trinajstić information content (AvgIpc) is 2.75. The monoisotopic (exact) mass is 408 g/mol. The Labute approximate surface area is 169 Å². The molecule has 0 spiro atoms. The lowest BCUT2D eigenvalue weighted by Gasteiger charge is -2.13. The zero-order chi connectivity index (χ0) is 21.7. The first-order chi connectivity index (χ1) is 14.4. The molecule has 1 heterocycles. The van der Waals surface area contributed by atoms with E-state index in [1.165, 1.54) is 24.3 Å². The smallest absolute Gasteiger partial charge is 0.347 e. The van der Waals surface area contributed by atoms with Gasteiger partial charge in [0.1, 0.15) is 24.5 Å². The Morgan fingerprint density at radius 1 is 1.17 bits per heavy atom. The van der Waals surface area contributed by atoms with E-state index in [-0.39, 0.29) is 23.9 Å². The minimum atomic E-state index is -0.969. The number of nitrogens with two attached hydrogens (primary N) is 1. The van der Waals surface area contributed by atoms with Crippen molar-refractivity contribution in [1.29, 1.82) is 0 Å². The van der Waals surface area contributed by atoms with Crippen LogP contribution in [0.5, 0.6) is 0 Å². The molecule has 0 atom stereocenters. The quantitative estimate of drug-likeness (QED) is 0.270. The van der Waals surface area contributed by atoms with Crippen LogP contribution in [-0.4, -0.2) is 26.7 Å². The fourth-order valence-electron chi connectivity index (χ4n) is 2.75. The van der Waals surface area contributed by atoms with E-state index in [0.29, 0.717) is 17.4 Å². The highest BCUT2D eigenvalue weighted by Gasteiger charge is 2.23. The topological polar surface area (TPSA) is 147 Å². The summed E-state index contributed by atoms with van der Waals surface area (Å²) in [5, 5.41) is 10.8. The molecular weight excluding hydrogens is 392 g/mol. The molecule has 0 amide bonds. The van der Waals surface area contributed by atoms with E-state index >= 15 is 0 Å². The fourth-order valence-corrected chi connectivity index (χ4v) is 2.75. The van der Waals surface area contributed by atoms with Crippen molar-refractivity contribution in [3.63, 3.8) is 0 Å². The van der Waals surface area contributed by atoms with Gasteiger partial charge in [0.15, 0.2) is 5.56 Å². The fraction of sp³-hybridized carbons (Fsp3) is 0.100. The van der Waals surface area contributed by atoms with Gasteiger partial charge in [-0.2, -0.15) is 0 Å². The molecule has 0 aliphatic heterocycles. The van der Waals surface area contributed by atoms with Crippen molar-refractivity contribution < 1.29 is 19.2 Å². The normalized spacial score (nSPS) is 10.4. The van der Waals surface area contributed by atoms with Gasteiger partial charge in [0.25, 0.3) is 11.2 Å². The summed E-state index contributed by atoms with van der Waals surface area (Å²) in [7, 11) is 0. The maximum atomic E-state index is 12.9. The number of rotatable bonds is 7. The average molecular weight is 408 g/mol. The highest BCUT2D eigenvalue weighted by Crippen LogP contribution is 2.22. The van der Waals surface area contributed by atoms with Crippen molar-refractivity contribution in [1.82, 2.24) is 9.55 Å². The molecule has 10 nitrogen and oxygen atoms in total. The number of carbonyl (C=O) groups excluding carboxylic acids is 2. The van der Waals surface area contributed by atoms with Crippen molar-refractivity contribution in [2.24, 2.45) is 0 Å². The first-order valence-corrected chi connectivity index (χ1v) is 8.72. The largest absolute Gasteiger partial charge is 0.457 e. The van der Waals surface area contributed by atoms with E-state index in [1.807, 2.05) is 6.07 Å². The van der Waals surface area contributed by atoms with Gasteiger partial charge in [0.05, 0.1) is 11.5 Å². The number of aldehydes is 1. The minimum Gasteiger partial charge on any atom is -0.457 e. The number of carbonyl (C=O) groups is 2. The molecule has 152 valence electrons. The summed E-state index contributed by atoms with van der Waals surface area (Å²) in [4.78, 5) is 50.8. The predicted molar refractivity (Wildman–Crippen MR) is 107 cm³/mol. The predicted octanol–water partition coefficient (Wildman–Crippen LogP) is 1.96. The summed E-state index contributed by atoms with van der Waals surface area (Å²) in [6, 6.07) is 14.0. The van der Waals surface area contributed by atoms with Gasteiger partial charge in [0.2, 0.25) is 0 Å². The lowest BCUT2D eigenvalue weighted by molar-refractivity contribution is -0.384. The summed E-state index contributed by atoms with van der Waals surface area (Å²) in [5.74, 6) is -1.34. The molecule has 0 unspecified atom stereocenters. The Balaban J connectivity index is 1.99. The van der Waals surface area contributed by atoms with Gasteiger partial charge in [-0.3, -0.25) is 19.5 Å². The molecule has 0 bridgehead atoms. The molecule has 0 fully saturated rings. The molecule has 0 saturated carbocycles. The molecular formula is C20H16N4O6. The second-order valence-electron chi connectivity index (χ2n) is 6.14. The number of hydrogen-bond acceptors (Lipinski definition) is 8. The van der Waals surface area contributed by atoms with E-state index < -0.39 is 28.6 Å². The Morgan fingerprint density at radius 3 is 2.43 bits per heavy atom. The Hall–Kier alpha value is -4.34. The van der Waals surface area contributed by atoms with Crippen LogP contribution in [0, 0.1) is 10.1 Å². The number of nitrogen functional groups attached to an aromatic ring is 1. The van der Waals surface area contributed by atoms with Gasteiger partial charge in [-0.1, -0.05) is 30.3 Å². The number of nitrogens with zero attached hydrogens (tertiary/aromatic N) is 3. The summed E-state index contributed by atoms with van der Waals surface area (Å²) in [6.45, 7) is -0.465. The second kappa shape index (κ2) is 8.78. The lowest BCUT2D eigenvalue weighted by Crippen LogP contribution is -2.31. The standard InChI is InChI=1S/C20H16N4O6/c21-17-16(20(27)30-12-13-4-2-1-3-5-13)19(26)23(10-11-25)18(22-17)14-6-8-15(9-7-14)24(28)29/h1-9,11H,10,12,21H2. The van der Waals surface area contributed by atoms with Crippen molar-refractivity contribution in [3.05, 3.63) is 86.2 Å². The number of aromatic nitrogens is 2. The van der Waals surface area contributed by atoms with Crippen molar-refractivity contribution in [3.8, 4) is 11.4 Å². The maximum Gasteiger partial charge on any atom is 0.347 e. The van der Waals surface area contributed by atoms with E-state index in [2.05, 4.69) is 4.98 Å². The number of nitro groups is 1. The van der Waals surface area contributed by atoms with Gasteiger partial charge in [-0.15, -0.1) is 0 Å². The SMILES string of the molecule is Nc1nc(-c2ccc([N+](=O)[O-])cc2)n(CC=O)c(=O)c1C(=O)OCc1ccccc1. The Bertz CT molecular complexity index is 1160. The molecule has 0 aliphatic carbocycles. The highest BCUT2D eigenvalue weighted by atomic mass is 16.6. The third-order valence-corrected chi connectivity index (χ3v) is 4.21. The van der Waals surface area contributed by atoms with Crippen LogP contribution >= 0.6 is 0 Å². The summed E-state index contributed by atoms with van der Waals surface area (Å²) in [6.07, 6.45) is 0.466. The molecule has 3 aromatic rings. The van der Waals surface area contributed by atoms with E-state index in [0.717, 1.165) is 4.57 Å². The zero-order valence-corrected chi connectivity index (χ0v) is 15.6.